The molecule has 2 heterocycles. The molecule has 0 saturated carbocycles. The van der Waals surface area contributed by atoms with Crippen molar-refractivity contribution in [3.63, 3.8) is 0 Å². The van der Waals surface area contributed by atoms with Crippen molar-refractivity contribution >= 4 is 17.9 Å². The molecule has 1 atom stereocenters. The summed E-state index contributed by atoms with van der Waals surface area (Å²) in [5, 5.41) is 4.09. The maximum atomic E-state index is 11.0. The molecule has 0 aliphatic heterocycles. The topological polar surface area (TPSA) is 68.9 Å². The van der Waals surface area contributed by atoms with Crippen LogP contribution in [-0.4, -0.2) is 21.4 Å². The summed E-state index contributed by atoms with van der Waals surface area (Å²) in [5.74, 6) is 0.411. The van der Waals surface area contributed by atoms with Gasteiger partial charge in [0, 0.05) is 24.0 Å². The minimum absolute atomic E-state index is 0.157. The minimum Gasteiger partial charge on any atom is -0.360 e. The first kappa shape index (κ1) is 12.7. The van der Waals surface area contributed by atoms with Crippen LogP contribution >= 0.6 is 11.6 Å². The number of nitrogens with zero attached hydrogens (tertiary/aromatic N) is 3. The molecule has 2 aromatic heterocycles. The van der Waals surface area contributed by atoms with Crippen LogP contribution in [0.15, 0.2) is 23.0 Å². The van der Waals surface area contributed by atoms with Crippen LogP contribution in [0.4, 0.5) is 0 Å². The van der Waals surface area contributed by atoms with E-state index >= 15 is 0 Å². The Bertz CT molecular complexity index is 537. The van der Waals surface area contributed by atoms with Crippen LogP contribution in [0.3, 0.4) is 0 Å². The zero-order valence-electron chi connectivity index (χ0n) is 10.0. The van der Waals surface area contributed by atoms with E-state index in [-0.39, 0.29) is 17.1 Å². The predicted molar refractivity (Wildman–Crippen MR) is 66.2 cm³/mol. The monoisotopic (exact) mass is 265 g/mol. The lowest BCUT2D eigenvalue weighted by Gasteiger charge is -2.08. The van der Waals surface area contributed by atoms with Gasteiger partial charge in [0.25, 0.3) is 0 Å². The maximum absolute atomic E-state index is 11.0. The number of halogens is 1. The number of hydrogen-bond donors (Lipinski definition) is 0. The molecule has 0 aliphatic carbocycles. The number of aldehydes is 1. The fourth-order valence-electron chi connectivity index (χ4n) is 1.58. The molecule has 0 N–H and O–H groups in total. The molecule has 0 spiro atoms. The van der Waals surface area contributed by atoms with Gasteiger partial charge in [0.15, 0.2) is 0 Å². The van der Waals surface area contributed by atoms with Gasteiger partial charge >= 0.3 is 0 Å². The summed E-state index contributed by atoms with van der Waals surface area (Å²) in [6, 6.07) is 1.73. The molecule has 1 unspecified atom stereocenters. The van der Waals surface area contributed by atoms with Crippen molar-refractivity contribution in [1.82, 2.24) is 15.1 Å². The van der Waals surface area contributed by atoms with E-state index < -0.39 is 0 Å². The molecule has 5 nitrogen and oxygen atoms in total. The average Bonchev–Trinajstić information content (AvgIpc) is 2.80. The van der Waals surface area contributed by atoms with Gasteiger partial charge in [-0.3, -0.25) is 0 Å². The molecule has 2 rings (SSSR count). The highest BCUT2D eigenvalue weighted by atomic mass is 35.5. The quantitative estimate of drug-likeness (QED) is 0.628. The molecule has 0 saturated heterocycles. The highest BCUT2D eigenvalue weighted by Crippen LogP contribution is 2.26. The Morgan fingerprint density at radius 3 is 2.56 bits per heavy atom. The SMILES string of the molecule is CC(C)C(C=O)c1cc(-c2cnc(Cl)nc2)no1. The van der Waals surface area contributed by atoms with Crippen molar-refractivity contribution in [3.05, 3.63) is 29.5 Å². The van der Waals surface area contributed by atoms with Crippen LogP contribution in [0, 0.1) is 5.92 Å². The van der Waals surface area contributed by atoms with Crippen LogP contribution in [0.5, 0.6) is 0 Å². The van der Waals surface area contributed by atoms with E-state index in [2.05, 4.69) is 15.1 Å². The van der Waals surface area contributed by atoms with Crippen molar-refractivity contribution in [2.45, 2.75) is 19.8 Å². The van der Waals surface area contributed by atoms with Crippen molar-refractivity contribution < 1.29 is 9.32 Å². The van der Waals surface area contributed by atoms with Gasteiger partial charge in [-0.25, -0.2) is 9.97 Å². The molecule has 6 heteroatoms. The molecular weight excluding hydrogens is 254 g/mol. The minimum atomic E-state index is -0.292. The maximum Gasteiger partial charge on any atom is 0.222 e. The molecule has 0 radical (unpaired) electrons. The Morgan fingerprint density at radius 2 is 2.00 bits per heavy atom. The lowest BCUT2D eigenvalue weighted by Crippen LogP contribution is -2.06. The summed E-state index contributed by atoms with van der Waals surface area (Å²) in [4.78, 5) is 18.7. The van der Waals surface area contributed by atoms with Crippen LogP contribution in [-0.2, 0) is 4.79 Å². The molecular formula is C12H12ClN3O2. The fourth-order valence-corrected chi connectivity index (χ4v) is 1.68. The number of carbonyl (C=O) groups is 1. The van der Waals surface area contributed by atoms with Gasteiger partial charge in [-0.05, 0) is 17.5 Å². The molecule has 0 fully saturated rings. The van der Waals surface area contributed by atoms with Gasteiger partial charge in [-0.1, -0.05) is 19.0 Å². The predicted octanol–water partition coefficient (Wildman–Crippen LogP) is 2.72. The number of carbonyl (C=O) groups excluding carboxylic acids is 1. The Labute approximate surface area is 109 Å². The Balaban J connectivity index is 2.30. The second-order valence-electron chi connectivity index (χ2n) is 4.26. The van der Waals surface area contributed by atoms with E-state index in [1.54, 1.807) is 18.5 Å². The zero-order valence-corrected chi connectivity index (χ0v) is 10.8. The van der Waals surface area contributed by atoms with Gasteiger partial charge < -0.3 is 9.32 Å². The second-order valence-corrected chi connectivity index (χ2v) is 4.60. The van der Waals surface area contributed by atoms with Crippen LogP contribution in [0.1, 0.15) is 25.5 Å². The normalized spacial score (nSPS) is 12.7. The van der Waals surface area contributed by atoms with Crippen molar-refractivity contribution in [1.29, 1.82) is 0 Å². The number of rotatable bonds is 4. The summed E-state index contributed by atoms with van der Waals surface area (Å²) in [7, 11) is 0. The smallest absolute Gasteiger partial charge is 0.222 e. The third-order valence-corrected chi connectivity index (χ3v) is 2.83. The third kappa shape index (κ3) is 2.56. The van der Waals surface area contributed by atoms with Gasteiger partial charge in [0.2, 0.25) is 5.28 Å². The number of hydrogen-bond acceptors (Lipinski definition) is 5. The van der Waals surface area contributed by atoms with E-state index in [9.17, 15) is 4.79 Å². The third-order valence-electron chi connectivity index (χ3n) is 2.64. The van der Waals surface area contributed by atoms with E-state index in [4.69, 9.17) is 16.1 Å². The lowest BCUT2D eigenvalue weighted by molar-refractivity contribution is -0.110. The Kier molecular flexibility index (Phi) is 3.72. The molecule has 94 valence electrons. The lowest BCUT2D eigenvalue weighted by atomic mass is 9.94. The summed E-state index contributed by atoms with van der Waals surface area (Å²) >= 11 is 5.61. The number of aromatic nitrogens is 3. The van der Waals surface area contributed by atoms with Gasteiger partial charge in [-0.2, -0.15) is 0 Å². The molecule has 0 aliphatic rings. The summed E-state index contributed by atoms with van der Waals surface area (Å²) in [6.07, 6.45) is 3.98. The largest absolute Gasteiger partial charge is 0.360 e. The molecule has 18 heavy (non-hydrogen) atoms. The van der Waals surface area contributed by atoms with Gasteiger partial charge in [0.1, 0.15) is 17.7 Å². The van der Waals surface area contributed by atoms with E-state index in [0.717, 1.165) is 6.29 Å². The Morgan fingerprint density at radius 1 is 1.33 bits per heavy atom. The first-order chi connectivity index (χ1) is 8.61. The highest BCUT2D eigenvalue weighted by molar-refractivity contribution is 6.28. The average molecular weight is 266 g/mol. The zero-order chi connectivity index (χ0) is 13.1. The van der Waals surface area contributed by atoms with Gasteiger partial charge in [0.05, 0.1) is 5.92 Å². The fraction of sp³-hybridized carbons (Fsp3) is 0.333. The summed E-state index contributed by atoms with van der Waals surface area (Å²) < 4.78 is 5.19. The molecule has 2 aromatic rings. The standard InChI is InChI=1S/C12H12ClN3O2/c1-7(2)9(6-17)11-3-10(16-18-11)8-4-14-12(13)15-5-8/h3-7,9H,1-2H3. The molecule has 0 amide bonds. The van der Waals surface area contributed by atoms with Gasteiger partial charge in [-0.15, -0.1) is 0 Å². The van der Waals surface area contributed by atoms with Crippen molar-refractivity contribution in [2.75, 3.05) is 0 Å². The van der Waals surface area contributed by atoms with Crippen molar-refractivity contribution in [2.24, 2.45) is 5.92 Å². The summed E-state index contributed by atoms with van der Waals surface area (Å²) in [5.41, 5.74) is 1.29. The molecule has 0 bridgehead atoms. The second kappa shape index (κ2) is 5.27. The van der Waals surface area contributed by atoms with E-state index in [1.165, 1.54) is 0 Å². The first-order valence-electron chi connectivity index (χ1n) is 5.51. The highest BCUT2D eigenvalue weighted by Gasteiger charge is 2.20. The van der Waals surface area contributed by atoms with Crippen LogP contribution < -0.4 is 0 Å². The van der Waals surface area contributed by atoms with Crippen molar-refractivity contribution in [3.8, 4) is 11.3 Å². The van der Waals surface area contributed by atoms with Crippen LogP contribution in [0.2, 0.25) is 5.28 Å². The molecule has 0 aromatic carbocycles. The van der Waals surface area contributed by atoms with E-state index in [1.807, 2.05) is 13.8 Å². The Hall–Kier alpha value is -1.75. The first-order valence-corrected chi connectivity index (χ1v) is 5.89. The van der Waals surface area contributed by atoms with E-state index in [0.29, 0.717) is 17.0 Å². The summed E-state index contributed by atoms with van der Waals surface area (Å²) in [6.45, 7) is 3.90. The van der Waals surface area contributed by atoms with Crippen LogP contribution in [0.25, 0.3) is 11.3 Å².